The molecule has 0 bridgehead atoms. The average molecular weight is 451 g/mol. The molecule has 11 heteroatoms. The van der Waals surface area contributed by atoms with Crippen molar-refractivity contribution in [1.82, 2.24) is 0 Å². The van der Waals surface area contributed by atoms with Crippen molar-refractivity contribution in [2.45, 2.75) is 20.0 Å². The van der Waals surface area contributed by atoms with Gasteiger partial charge in [0.25, 0.3) is 11.8 Å². The van der Waals surface area contributed by atoms with Crippen LogP contribution in [0.2, 0.25) is 0 Å². The minimum atomic E-state index is -4.63. The number of nitrogens with one attached hydrogen (secondary N) is 3. The number of benzene rings is 1. The van der Waals surface area contributed by atoms with Crippen molar-refractivity contribution in [2.75, 3.05) is 16.0 Å². The van der Waals surface area contributed by atoms with E-state index in [-0.39, 0.29) is 22.0 Å². The molecule has 0 spiro atoms. The predicted molar refractivity (Wildman–Crippen MR) is 109 cm³/mol. The lowest BCUT2D eigenvalue weighted by atomic mass is 10.1. The third-order valence-corrected chi connectivity index (χ3v) is 5.16. The molecule has 0 aliphatic rings. The summed E-state index contributed by atoms with van der Waals surface area (Å²) in [7, 11) is 0. The Labute approximate surface area is 178 Å². The number of anilines is 3. The minimum absolute atomic E-state index is 0.0226. The maximum Gasteiger partial charge on any atom is 0.416 e. The first-order valence-electron chi connectivity index (χ1n) is 8.80. The molecule has 3 aromatic rings. The van der Waals surface area contributed by atoms with Gasteiger partial charge in [-0.15, -0.1) is 11.3 Å². The molecule has 2 aromatic heterocycles. The first-order valence-corrected chi connectivity index (χ1v) is 9.61. The van der Waals surface area contributed by atoms with Gasteiger partial charge in [-0.1, -0.05) is 0 Å². The van der Waals surface area contributed by atoms with Crippen LogP contribution in [-0.2, 0) is 11.0 Å². The molecule has 3 N–H and O–H groups in total. The van der Waals surface area contributed by atoms with E-state index in [4.69, 9.17) is 4.42 Å². The average Bonchev–Trinajstić information content (AvgIpc) is 3.31. The smallest absolute Gasteiger partial charge is 0.416 e. The second-order valence-electron chi connectivity index (χ2n) is 6.45. The highest BCUT2D eigenvalue weighted by atomic mass is 32.1. The first-order chi connectivity index (χ1) is 14.5. The number of aryl methyl sites for hydroxylation is 1. The molecule has 7 nitrogen and oxygen atoms in total. The predicted octanol–water partition coefficient (Wildman–Crippen LogP) is 5.13. The van der Waals surface area contributed by atoms with Crippen molar-refractivity contribution in [2.24, 2.45) is 0 Å². The number of hydrogen-bond donors (Lipinski definition) is 3. The Morgan fingerprint density at radius 1 is 0.968 bits per heavy atom. The summed E-state index contributed by atoms with van der Waals surface area (Å²) >= 11 is 0.947. The van der Waals surface area contributed by atoms with Gasteiger partial charge < -0.3 is 20.4 Å². The van der Waals surface area contributed by atoms with Crippen LogP contribution in [0.25, 0.3) is 0 Å². The Morgan fingerprint density at radius 2 is 1.71 bits per heavy atom. The highest BCUT2D eigenvalue weighted by Crippen LogP contribution is 2.35. The second-order valence-corrected chi connectivity index (χ2v) is 7.50. The summed E-state index contributed by atoms with van der Waals surface area (Å²) in [4.78, 5) is 36.4. The van der Waals surface area contributed by atoms with E-state index < -0.39 is 29.5 Å². The summed E-state index contributed by atoms with van der Waals surface area (Å²) in [6, 6.07) is 7.19. The highest BCUT2D eigenvalue weighted by Gasteiger charge is 2.31. The monoisotopic (exact) mass is 451 g/mol. The Morgan fingerprint density at radius 3 is 2.32 bits per heavy atom. The SMILES string of the molecule is CC(=O)Nc1ccc(C(F)(F)F)cc1NC(=O)c1sc(NC(=O)c2ccco2)cc1C. The van der Waals surface area contributed by atoms with E-state index in [9.17, 15) is 27.6 Å². The van der Waals surface area contributed by atoms with Crippen molar-refractivity contribution in [3.63, 3.8) is 0 Å². The second kappa shape index (κ2) is 8.64. The van der Waals surface area contributed by atoms with Gasteiger partial charge >= 0.3 is 6.18 Å². The van der Waals surface area contributed by atoms with Gasteiger partial charge in [0.05, 0.1) is 33.1 Å². The zero-order valence-electron chi connectivity index (χ0n) is 16.2. The Bertz CT molecular complexity index is 1140. The van der Waals surface area contributed by atoms with Gasteiger partial charge in [-0.3, -0.25) is 14.4 Å². The van der Waals surface area contributed by atoms with E-state index in [1.165, 1.54) is 19.3 Å². The van der Waals surface area contributed by atoms with E-state index in [0.717, 1.165) is 29.5 Å². The van der Waals surface area contributed by atoms with Crippen molar-refractivity contribution in [3.8, 4) is 0 Å². The highest BCUT2D eigenvalue weighted by molar-refractivity contribution is 7.18. The lowest BCUT2D eigenvalue weighted by molar-refractivity contribution is -0.137. The molecule has 31 heavy (non-hydrogen) atoms. The minimum Gasteiger partial charge on any atom is -0.459 e. The molecule has 1 aromatic carbocycles. The Kier molecular flexibility index (Phi) is 6.16. The van der Waals surface area contributed by atoms with Crippen LogP contribution in [0.4, 0.5) is 29.5 Å². The third kappa shape index (κ3) is 5.31. The molecule has 2 heterocycles. The van der Waals surface area contributed by atoms with Gasteiger partial charge in [-0.05, 0) is 48.9 Å². The van der Waals surface area contributed by atoms with Crippen LogP contribution in [0, 0.1) is 6.92 Å². The maximum absolute atomic E-state index is 13.1. The molecule has 0 saturated carbocycles. The van der Waals surface area contributed by atoms with Gasteiger partial charge in [0.1, 0.15) is 0 Å². The van der Waals surface area contributed by atoms with E-state index >= 15 is 0 Å². The third-order valence-electron chi connectivity index (χ3n) is 4.01. The van der Waals surface area contributed by atoms with Crippen LogP contribution >= 0.6 is 11.3 Å². The molecule has 0 atom stereocenters. The van der Waals surface area contributed by atoms with Crippen LogP contribution in [-0.4, -0.2) is 17.7 Å². The topological polar surface area (TPSA) is 100 Å². The summed E-state index contributed by atoms with van der Waals surface area (Å²) in [6.07, 6.45) is -3.29. The number of hydrogen-bond acceptors (Lipinski definition) is 5. The number of furan rings is 1. The van der Waals surface area contributed by atoms with Crippen molar-refractivity contribution in [3.05, 3.63) is 64.4 Å². The summed E-state index contributed by atoms with van der Waals surface area (Å²) in [6.45, 7) is 2.81. The van der Waals surface area contributed by atoms with Crippen LogP contribution in [0.3, 0.4) is 0 Å². The summed E-state index contributed by atoms with van der Waals surface area (Å²) in [5.41, 5.74) is -0.657. The van der Waals surface area contributed by atoms with E-state index in [1.54, 1.807) is 19.1 Å². The molecule has 162 valence electrons. The van der Waals surface area contributed by atoms with Crippen LogP contribution < -0.4 is 16.0 Å². The Balaban J connectivity index is 1.84. The molecule has 0 fully saturated rings. The number of amides is 3. The molecule has 0 aliphatic carbocycles. The number of carbonyl (C=O) groups is 3. The standard InChI is InChI=1S/C20H16F3N3O4S/c1-10-8-16(26-18(28)15-4-3-7-30-15)31-17(10)19(29)25-14-9-12(20(21,22)23)5-6-13(14)24-11(2)27/h3-9H,1-2H3,(H,24,27)(H,25,29)(H,26,28). The molecule has 0 aliphatic heterocycles. The lowest BCUT2D eigenvalue weighted by Gasteiger charge is -2.14. The van der Waals surface area contributed by atoms with Crippen LogP contribution in [0.1, 0.15) is 38.3 Å². The van der Waals surface area contributed by atoms with Crippen molar-refractivity contribution in [1.29, 1.82) is 0 Å². The fourth-order valence-electron chi connectivity index (χ4n) is 2.65. The number of rotatable bonds is 5. The van der Waals surface area contributed by atoms with Crippen LogP contribution in [0.15, 0.2) is 47.1 Å². The maximum atomic E-state index is 13.1. The molecule has 3 amide bonds. The molecular formula is C20H16F3N3O4S. The summed E-state index contributed by atoms with van der Waals surface area (Å²) in [5, 5.41) is 7.74. The van der Waals surface area contributed by atoms with Crippen LogP contribution in [0.5, 0.6) is 0 Å². The van der Waals surface area contributed by atoms with Gasteiger partial charge in [0.15, 0.2) is 5.76 Å². The van der Waals surface area contributed by atoms with Crippen molar-refractivity contribution >= 4 is 45.4 Å². The fraction of sp³-hybridized carbons (Fsp3) is 0.150. The molecule has 0 radical (unpaired) electrons. The zero-order valence-corrected chi connectivity index (χ0v) is 17.0. The number of thiophene rings is 1. The van der Waals surface area contributed by atoms with Gasteiger partial charge in [0, 0.05) is 6.92 Å². The number of alkyl halides is 3. The number of halogens is 3. The molecule has 0 saturated heterocycles. The largest absolute Gasteiger partial charge is 0.459 e. The Hall–Kier alpha value is -3.60. The summed E-state index contributed by atoms with van der Waals surface area (Å²) < 4.78 is 44.2. The molecular weight excluding hydrogens is 435 g/mol. The fourth-order valence-corrected chi connectivity index (χ4v) is 3.62. The van der Waals surface area contributed by atoms with E-state index in [1.807, 2.05) is 0 Å². The summed E-state index contributed by atoms with van der Waals surface area (Å²) in [5.74, 6) is -1.62. The van der Waals surface area contributed by atoms with Gasteiger partial charge in [0.2, 0.25) is 5.91 Å². The normalized spacial score (nSPS) is 11.1. The zero-order chi connectivity index (χ0) is 22.8. The first kappa shape index (κ1) is 22.1. The van der Waals surface area contributed by atoms with Gasteiger partial charge in [-0.2, -0.15) is 13.2 Å². The number of carbonyl (C=O) groups excluding carboxylic acids is 3. The lowest BCUT2D eigenvalue weighted by Crippen LogP contribution is -2.16. The van der Waals surface area contributed by atoms with Gasteiger partial charge in [-0.25, -0.2) is 0 Å². The van der Waals surface area contributed by atoms with E-state index in [0.29, 0.717) is 10.6 Å². The van der Waals surface area contributed by atoms with Crippen molar-refractivity contribution < 1.29 is 32.0 Å². The molecule has 0 unspecified atom stereocenters. The quantitative estimate of drug-likeness (QED) is 0.501. The van der Waals surface area contributed by atoms with E-state index in [2.05, 4.69) is 16.0 Å². The molecule has 3 rings (SSSR count).